The SMILES string of the molecule is CC(C)N1CC[C@H](n2nc(-c3ccc(Oc4ccccc4)cc3)c3c(N)ncnc32)[C@H](F)C1. The fourth-order valence-corrected chi connectivity index (χ4v) is 4.39. The Balaban J connectivity index is 1.49. The average Bonchev–Trinajstić information content (AvgIpc) is 3.21. The third-order valence-corrected chi connectivity index (χ3v) is 6.21. The van der Waals surface area contributed by atoms with Gasteiger partial charge in [-0.2, -0.15) is 5.10 Å². The van der Waals surface area contributed by atoms with Crippen molar-refractivity contribution in [2.45, 2.75) is 38.5 Å². The topological polar surface area (TPSA) is 82.1 Å². The molecule has 0 spiro atoms. The van der Waals surface area contributed by atoms with Gasteiger partial charge < -0.3 is 10.5 Å². The van der Waals surface area contributed by atoms with Crippen molar-refractivity contribution in [3.05, 3.63) is 60.9 Å². The molecule has 7 nitrogen and oxygen atoms in total. The predicted molar refractivity (Wildman–Crippen MR) is 127 cm³/mol. The fourth-order valence-electron chi connectivity index (χ4n) is 4.39. The molecular weight excluding hydrogens is 419 g/mol. The van der Waals surface area contributed by atoms with Gasteiger partial charge in [-0.15, -0.1) is 0 Å². The Morgan fingerprint density at radius 2 is 1.76 bits per heavy atom. The maximum atomic E-state index is 15.3. The van der Waals surface area contributed by atoms with Gasteiger partial charge in [0.1, 0.15) is 35.5 Å². The molecule has 2 aromatic carbocycles. The number of rotatable bonds is 5. The van der Waals surface area contributed by atoms with Gasteiger partial charge in [-0.25, -0.2) is 19.0 Å². The summed E-state index contributed by atoms with van der Waals surface area (Å²) in [7, 11) is 0. The van der Waals surface area contributed by atoms with Crippen molar-refractivity contribution in [3.8, 4) is 22.8 Å². The Morgan fingerprint density at radius 1 is 1.03 bits per heavy atom. The molecule has 4 aromatic rings. The average molecular weight is 447 g/mol. The quantitative estimate of drug-likeness (QED) is 0.471. The molecule has 3 heterocycles. The first-order chi connectivity index (χ1) is 16.0. The molecule has 8 heteroatoms. The van der Waals surface area contributed by atoms with E-state index in [-0.39, 0.29) is 0 Å². The molecule has 1 saturated heterocycles. The van der Waals surface area contributed by atoms with Crippen molar-refractivity contribution < 1.29 is 9.13 Å². The van der Waals surface area contributed by atoms with Gasteiger partial charge in [0.15, 0.2) is 5.65 Å². The standard InChI is InChI=1S/C25H27FN6O/c1-16(2)31-13-12-21(20(26)14-31)32-25-22(24(27)28-15-29-25)23(30-32)17-8-10-19(11-9-17)33-18-6-4-3-5-7-18/h3-11,15-16,20-21H,12-14H2,1-2H3,(H2,27,28,29)/t20-,21+/m1/s1. The number of fused-ring (bicyclic) bond motifs is 1. The van der Waals surface area contributed by atoms with Crippen LogP contribution >= 0.6 is 0 Å². The summed E-state index contributed by atoms with van der Waals surface area (Å²) in [6, 6.07) is 17.1. The fraction of sp³-hybridized carbons (Fsp3) is 0.320. The molecular formula is C25H27FN6O. The number of alkyl halides is 1. The zero-order chi connectivity index (χ0) is 22.9. The number of piperidine rings is 1. The third kappa shape index (κ3) is 4.14. The van der Waals surface area contributed by atoms with E-state index in [0.29, 0.717) is 47.3 Å². The number of para-hydroxylation sites is 1. The van der Waals surface area contributed by atoms with E-state index in [4.69, 9.17) is 15.6 Å². The van der Waals surface area contributed by atoms with Gasteiger partial charge in [0.2, 0.25) is 0 Å². The number of anilines is 1. The first kappa shape index (κ1) is 21.3. The molecule has 0 aliphatic carbocycles. The number of nitrogen functional groups attached to an aromatic ring is 1. The first-order valence-electron chi connectivity index (χ1n) is 11.2. The van der Waals surface area contributed by atoms with E-state index in [1.807, 2.05) is 54.6 Å². The Hall–Kier alpha value is -3.52. The second-order valence-corrected chi connectivity index (χ2v) is 8.65. The lowest BCUT2D eigenvalue weighted by molar-refractivity contribution is 0.0668. The lowest BCUT2D eigenvalue weighted by Gasteiger charge is -2.37. The zero-order valence-electron chi connectivity index (χ0n) is 18.7. The zero-order valence-corrected chi connectivity index (χ0v) is 18.7. The molecule has 170 valence electrons. The maximum absolute atomic E-state index is 15.3. The van der Waals surface area contributed by atoms with Crippen LogP contribution in [-0.4, -0.2) is 50.0 Å². The molecule has 0 amide bonds. The van der Waals surface area contributed by atoms with Crippen LogP contribution < -0.4 is 10.5 Å². The van der Waals surface area contributed by atoms with Crippen molar-refractivity contribution in [1.29, 1.82) is 0 Å². The van der Waals surface area contributed by atoms with Crippen molar-refractivity contribution in [1.82, 2.24) is 24.6 Å². The molecule has 0 unspecified atom stereocenters. The number of hydrogen-bond donors (Lipinski definition) is 1. The van der Waals surface area contributed by atoms with Gasteiger partial charge in [-0.1, -0.05) is 18.2 Å². The number of nitrogens with zero attached hydrogens (tertiary/aromatic N) is 5. The third-order valence-electron chi connectivity index (χ3n) is 6.21. The molecule has 0 radical (unpaired) electrons. The number of benzene rings is 2. The Labute approximate surface area is 192 Å². The summed E-state index contributed by atoms with van der Waals surface area (Å²) in [6.07, 6.45) is 1.02. The molecule has 0 saturated carbocycles. The number of halogens is 1. The smallest absolute Gasteiger partial charge is 0.164 e. The minimum absolute atomic E-state index is 0.309. The van der Waals surface area contributed by atoms with E-state index in [0.717, 1.165) is 17.9 Å². The van der Waals surface area contributed by atoms with Gasteiger partial charge in [-0.3, -0.25) is 4.90 Å². The van der Waals surface area contributed by atoms with Gasteiger partial charge in [0, 0.05) is 24.7 Å². The van der Waals surface area contributed by atoms with Gasteiger partial charge in [0.05, 0.1) is 11.4 Å². The summed E-state index contributed by atoms with van der Waals surface area (Å²) in [5, 5.41) is 5.46. The van der Waals surface area contributed by atoms with Crippen molar-refractivity contribution in [2.75, 3.05) is 18.8 Å². The van der Waals surface area contributed by atoms with Crippen LogP contribution in [0.3, 0.4) is 0 Å². The van der Waals surface area contributed by atoms with Crippen molar-refractivity contribution >= 4 is 16.9 Å². The van der Waals surface area contributed by atoms with Crippen LogP contribution in [0.1, 0.15) is 26.3 Å². The summed E-state index contributed by atoms with van der Waals surface area (Å²) in [5.41, 5.74) is 8.29. The number of hydrogen-bond acceptors (Lipinski definition) is 6. The Morgan fingerprint density at radius 3 is 2.45 bits per heavy atom. The molecule has 2 aromatic heterocycles. The van der Waals surface area contributed by atoms with Crippen molar-refractivity contribution in [2.24, 2.45) is 0 Å². The first-order valence-corrected chi connectivity index (χ1v) is 11.2. The highest BCUT2D eigenvalue weighted by Crippen LogP contribution is 2.36. The van der Waals surface area contributed by atoms with Crippen LogP contribution in [0.2, 0.25) is 0 Å². The van der Waals surface area contributed by atoms with E-state index in [1.54, 1.807) is 4.68 Å². The summed E-state index contributed by atoms with van der Waals surface area (Å²) in [4.78, 5) is 10.8. The summed E-state index contributed by atoms with van der Waals surface area (Å²) in [6.45, 7) is 5.37. The van der Waals surface area contributed by atoms with E-state index >= 15 is 4.39 Å². The normalized spacial score (nSPS) is 19.3. The Bertz CT molecular complexity index is 1240. The van der Waals surface area contributed by atoms with Crippen LogP contribution in [0.25, 0.3) is 22.3 Å². The molecule has 33 heavy (non-hydrogen) atoms. The largest absolute Gasteiger partial charge is 0.457 e. The molecule has 1 fully saturated rings. The van der Waals surface area contributed by atoms with Crippen LogP contribution in [0, 0.1) is 0 Å². The van der Waals surface area contributed by atoms with E-state index < -0.39 is 12.2 Å². The summed E-state index contributed by atoms with van der Waals surface area (Å²) >= 11 is 0. The van der Waals surface area contributed by atoms with Gasteiger partial charge >= 0.3 is 0 Å². The number of likely N-dealkylation sites (tertiary alicyclic amines) is 1. The van der Waals surface area contributed by atoms with Crippen LogP contribution in [0.4, 0.5) is 10.2 Å². The second kappa shape index (κ2) is 8.78. The molecule has 2 atom stereocenters. The monoisotopic (exact) mass is 446 g/mol. The maximum Gasteiger partial charge on any atom is 0.164 e. The Kier molecular flexibility index (Phi) is 5.68. The van der Waals surface area contributed by atoms with E-state index in [2.05, 4.69) is 28.7 Å². The molecule has 1 aliphatic rings. The molecule has 5 rings (SSSR count). The van der Waals surface area contributed by atoms with Crippen LogP contribution in [0.5, 0.6) is 11.5 Å². The molecule has 1 aliphatic heterocycles. The molecule has 0 bridgehead atoms. The van der Waals surface area contributed by atoms with E-state index in [1.165, 1.54) is 6.33 Å². The minimum atomic E-state index is -1.05. The highest BCUT2D eigenvalue weighted by atomic mass is 19.1. The van der Waals surface area contributed by atoms with Gasteiger partial charge in [-0.05, 0) is 56.7 Å². The van der Waals surface area contributed by atoms with E-state index in [9.17, 15) is 0 Å². The lowest BCUT2D eigenvalue weighted by atomic mass is 10.0. The summed E-state index contributed by atoms with van der Waals surface area (Å²) in [5.74, 6) is 1.81. The second-order valence-electron chi connectivity index (χ2n) is 8.65. The lowest BCUT2D eigenvalue weighted by Crippen LogP contribution is -2.45. The van der Waals surface area contributed by atoms with Crippen LogP contribution in [-0.2, 0) is 0 Å². The number of aromatic nitrogens is 4. The minimum Gasteiger partial charge on any atom is -0.457 e. The van der Waals surface area contributed by atoms with Crippen molar-refractivity contribution in [3.63, 3.8) is 0 Å². The summed E-state index contributed by atoms with van der Waals surface area (Å²) < 4.78 is 22.9. The van der Waals surface area contributed by atoms with Gasteiger partial charge in [0.25, 0.3) is 0 Å². The molecule has 2 N–H and O–H groups in total. The number of ether oxygens (including phenoxy) is 1. The predicted octanol–water partition coefficient (Wildman–Crippen LogP) is 4.86. The van der Waals surface area contributed by atoms with Crippen LogP contribution in [0.15, 0.2) is 60.9 Å². The number of nitrogens with two attached hydrogens (primary N) is 1. The highest BCUT2D eigenvalue weighted by molar-refractivity contribution is 5.98. The highest BCUT2D eigenvalue weighted by Gasteiger charge is 2.34.